The third-order valence-electron chi connectivity index (χ3n) is 6.59. The number of benzene rings is 4. The number of ether oxygens (including phenoxy) is 2. The minimum absolute atomic E-state index is 0.255. The maximum absolute atomic E-state index is 13.3. The highest BCUT2D eigenvalue weighted by Crippen LogP contribution is 2.31. The number of anilines is 2. The first-order valence-electron chi connectivity index (χ1n) is 13.9. The first-order valence-corrected chi connectivity index (χ1v) is 13.9. The van der Waals surface area contributed by atoms with Gasteiger partial charge in [-0.15, -0.1) is 0 Å². The molecule has 6 nitrogen and oxygen atoms in total. The van der Waals surface area contributed by atoms with E-state index in [9.17, 15) is 9.59 Å². The van der Waals surface area contributed by atoms with Crippen molar-refractivity contribution in [1.82, 2.24) is 0 Å². The second kappa shape index (κ2) is 13.7. The molecule has 4 aromatic carbocycles. The maximum atomic E-state index is 13.3. The summed E-state index contributed by atoms with van der Waals surface area (Å²) in [5.41, 5.74) is 2.24. The van der Waals surface area contributed by atoms with Gasteiger partial charge in [0.15, 0.2) is 0 Å². The molecule has 0 spiro atoms. The van der Waals surface area contributed by atoms with E-state index in [0.29, 0.717) is 59.1 Å². The quantitative estimate of drug-likeness (QED) is 0.191. The molecule has 0 radical (unpaired) electrons. The van der Waals surface area contributed by atoms with Crippen molar-refractivity contribution < 1.29 is 19.1 Å². The van der Waals surface area contributed by atoms with Gasteiger partial charge in [0.05, 0.1) is 24.3 Å². The number of para-hydroxylation sites is 2. The average Bonchev–Trinajstić information content (AvgIpc) is 2.93. The van der Waals surface area contributed by atoms with Gasteiger partial charge in [0, 0.05) is 22.1 Å². The summed E-state index contributed by atoms with van der Waals surface area (Å²) in [5.74, 6) is 1.63. The lowest BCUT2D eigenvalue weighted by atomic mass is 10.1. The first kappa shape index (κ1) is 28.7. The number of nitrogens with one attached hydrogen (secondary N) is 2. The van der Waals surface area contributed by atoms with E-state index in [1.165, 1.54) is 0 Å². The second-order valence-electron chi connectivity index (χ2n) is 10.7. The Bertz CT molecular complexity index is 1350. The third kappa shape index (κ3) is 7.41. The lowest BCUT2D eigenvalue weighted by molar-refractivity contribution is 0.101. The molecule has 2 amide bonds. The van der Waals surface area contributed by atoms with Crippen molar-refractivity contribution in [3.05, 3.63) is 96.1 Å². The van der Waals surface area contributed by atoms with Gasteiger partial charge in [0.25, 0.3) is 11.8 Å². The van der Waals surface area contributed by atoms with Crippen LogP contribution in [-0.4, -0.2) is 25.0 Å². The summed E-state index contributed by atoms with van der Waals surface area (Å²) in [6.45, 7) is 9.65. The van der Waals surface area contributed by atoms with Crippen LogP contribution >= 0.6 is 0 Å². The Labute approximate surface area is 236 Å². The smallest absolute Gasteiger partial charge is 0.259 e. The predicted molar refractivity (Wildman–Crippen MR) is 163 cm³/mol. The van der Waals surface area contributed by atoms with E-state index in [2.05, 4.69) is 38.3 Å². The van der Waals surface area contributed by atoms with Gasteiger partial charge in [0.2, 0.25) is 0 Å². The van der Waals surface area contributed by atoms with E-state index in [0.717, 1.165) is 23.6 Å². The topological polar surface area (TPSA) is 76.7 Å². The molecule has 4 rings (SSSR count). The van der Waals surface area contributed by atoms with Crippen LogP contribution in [0, 0.1) is 11.8 Å². The van der Waals surface area contributed by atoms with E-state index in [1.54, 1.807) is 12.1 Å². The fourth-order valence-corrected chi connectivity index (χ4v) is 4.28. The van der Waals surface area contributed by atoms with E-state index >= 15 is 0 Å². The fraction of sp³-hybridized carbons (Fsp3) is 0.294. The van der Waals surface area contributed by atoms with Crippen molar-refractivity contribution >= 4 is 34.0 Å². The molecule has 2 N–H and O–H groups in total. The van der Waals surface area contributed by atoms with Gasteiger partial charge < -0.3 is 20.1 Å². The van der Waals surface area contributed by atoms with Crippen molar-refractivity contribution in [1.29, 1.82) is 0 Å². The molecule has 0 heterocycles. The number of hydrogen-bond acceptors (Lipinski definition) is 4. The minimum atomic E-state index is -0.255. The number of fused-ring (bicyclic) bond motifs is 1. The van der Waals surface area contributed by atoms with Crippen LogP contribution in [0.25, 0.3) is 10.8 Å². The van der Waals surface area contributed by atoms with Gasteiger partial charge in [-0.3, -0.25) is 9.59 Å². The number of carbonyl (C=O) groups is 2. The fourth-order valence-electron chi connectivity index (χ4n) is 4.28. The number of amides is 2. The predicted octanol–water partition coefficient (Wildman–Crippen LogP) is 8.19. The molecule has 0 aliphatic rings. The zero-order chi connectivity index (χ0) is 28.5. The Morgan fingerprint density at radius 1 is 0.575 bits per heavy atom. The summed E-state index contributed by atoms with van der Waals surface area (Å²) in [7, 11) is 0. The zero-order valence-electron chi connectivity index (χ0n) is 23.7. The molecular formula is C34H38N2O4. The Hall–Kier alpha value is -4.32. The first-order chi connectivity index (χ1) is 19.3. The summed E-state index contributed by atoms with van der Waals surface area (Å²) < 4.78 is 11.9. The van der Waals surface area contributed by atoms with Crippen molar-refractivity contribution in [2.24, 2.45) is 11.8 Å². The molecule has 0 fully saturated rings. The summed E-state index contributed by atoms with van der Waals surface area (Å²) >= 11 is 0. The molecule has 0 bridgehead atoms. The molecule has 40 heavy (non-hydrogen) atoms. The van der Waals surface area contributed by atoms with Crippen LogP contribution in [0.3, 0.4) is 0 Å². The Morgan fingerprint density at radius 3 is 1.38 bits per heavy atom. The van der Waals surface area contributed by atoms with Gasteiger partial charge in [-0.05, 0) is 61.1 Å². The van der Waals surface area contributed by atoms with Gasteiger partial charge >= 0.3 is 0 Å². The molecule has 0 aliphatic heterocycles. The molecule has 0 unspecified atom stereocenters. The SMILES string of the molecule is CC(C)CCOc1ccccc1C(=O)Nc1cccc2c(NC(=O)c3ccccc3OCCC(C)C)cccc12. The van der Waals surface area contributed by atoms with Crippen LogP contribution in [0.5, 0.6) is 11.5 Å². The average molecular weight is 539 g/mol. The molecule has 0 saturated carbocycles. The largest absolute Gasteiger partial charge is 0.493 e. The van der Waals surface area contributed by atoms with Crippen molar-refractivity contribution in [2.75, 3.05) is 23.8 Å². The standard InChI is InChI=1S/C34H38N2O4/c1-23(2)19-21-39-31-17-7-5-11-27(31)33(37)35-29-15-9-14-26-25(29)13-10-16-30(26)36-34(38)28-12-6-8-18-32(28)40-22-20-24(3)4/h5-18,23-24H,19-22H2,1-4H3,(H,35,37)(H,36,38). The van der Waals surface area contributed by atoms with Crippen LogP contribution < -0.4 is 20.1 Å². The van der Waals surface area contributed by atoms with Crippen LogP contribution in [0.15, 0.2) is 84.9 Å². The van der Waals surface area contributed by atoms with Gasteiger partial charge in [-0.2, -0.15) is 0 Å². The Kier molecular flexibility index (Phi) is 9.79. The highest BCUT2D eigenvalue weighted by Gasteiger charge is 2.17. The van der Waals surface area contributed by atoms with Gasteiger partial charge in [-0.1, -0.05) is 76.2 Å². The van der Waals surface area contributed by atoms with Crippen LogP contribution in [0.2, 0.25) is 0 Å². The normalized spacial score (nSPS) is 11.1. The van der Waals surface area contributed by atoms with E-state index in [1.807, 2.05) is 72.8 Å². The van der Waals surface area contributed by atoms with Crippen LogP contribution in [0.4, 0.5) is 11.4 Å². The van der Waals surface area contributed by atoms with E-state index in [-0.39, 0.29) is 11.8 Å². The lowest BCUT2D eigenvalue weighted by Gasteiger charge is -2.15. The van der Waals surface area contributed by atoms with Crippen molar-refractivity contribution in [2.45, 2.75) is 40.5 Å². The Balaban J connectivity index is 1.54. The van der Waals surface area contributed by atoms with E-state index < -0.39 is 0 Å². The van der Waals surface area contributed by atoms with Gasteiger partial charge in [0.1, 0.15) is 11.5 Å². The molecular weight excluding hydrogens is 500 g/mol. The second-order valence-corrected chi connectivity index (χ2v) is 10.7. The molecule has 0 aliphatic carbocycles. The third-order valence-corrected chi connectivity index (χ3v) is 6.59. The van der Waals surface area contributed by atoms with Crippen molar-refractivity contribution in [3.63, 3.8) is 0 Å². The zero-order valence-corrected chi connectivity index (χ0v) is 23.7. The molecule has 4 aromatic rings. The Morgan fingerprint density at radius 2 is 0.975 bits per heavy atom. The summed E-state index contributed by atoms with van der Waals surface area (Å²) in [6.07, 6.45) is 1.81. The highest BCUT2D eigenvalue weighted by molar-refractivity contribution is 6.15. The maximum Gasteiger partial charge on any atom is 0.259 e. The van der Waals surface area contributed by atoms with Gasteiger partial charge in [-0.25, -0.2) is 0 Å². The van der Waals surface area contributed by atoms with Crippen LogP contribution in [-0.2, 0) is 0 Å². The lowest BCUT2D eigenvalue weighted by Crippen LogP contribution is -2.15. The molecule has 6 heteroatoms. The summed E-state index contributed by atoms with van der Waals surface area (Å²) in [4.78, 5) is 26.6. The molecule has 0 atom stereocenters. The minimum Gasteiger partial charge on any atom is -0.493 e. The molecule has 0 aromatic heterocycles. The van der Waals surface area contributed by atoms with Crippen LogP contribution in [0.1, 0.15) is 61.3 Å². The highest BCUT2D eigenvalue weighted by atomic mass is 16.5. The summed E-state index contributed by atoms with van der Waals surface area (Å²) in [6, 6.07) is 25.8. The molecule has 0 saturated heterocycles. The molecule has 208 valence electrons. The monoisotopic (exact) mass is 538 g/mol. The number of rotatable bonds is 12. The van der Waals surface area contributed by atoms with Crippen molar-refractivity contribution in [3.8, 4) is 11.5 Å². The number of hydrogen-bond donors (Lipinski definition) is 2. The number of carbonyl (C=O) groups excluding carboxylic acids is 2. The van der Waals surface area contributed by atoms with E-state index in [4.69, 9.17) is 9.47 Å². The summed E-state index contributed by atoms with van der Waals surface area (Å²) in [5, 5.41) is 7.71.